The highest BCUT2D eigenvalue weighted by Crippen LogP contribution is 2.20. The molecule has 2 rings (SSSR count). The predicted molar refractivity (Wildman–Crippen MR) is 112 cm³/mol. The van der Waals surface area contributed by atoms with Crippen LogP contribution in [0.3, 0.4) is 0 Å². The molecule has 2 N–H and O–H groups in total. The number of guanidine groups is 1. The molecule has 1 aromatic rings. The highest BCUT2D eigenvalue weighted by atomic mass is 127. The molecular weight excluding hydrogens is 472 g/mol. The zero-order chi connectivity index (χ0) is 19.2. The van der Waals surface area contributed by atoms with Gasteiger partial charge in [-0.2, -0.15) is 13.2 Å². The number of nitrogens with zero attached hydrogens (tertiary/aromatic N) is 2. The SMILES string of the molecule is CCNC(=NCc1ccc(OC)c(C)c1)NC1CCN(CC(F)(F)F)C1.I. The Balaban J connectivity index is 0.00000364. The molecule has 0 aliphatic carbocycles. The van der Waals surface area contributed by atoms with Gasteiger partial charge in [0, 0.05) is 25.7 Å². The first-order valence-corrected chi connectivity index (χ1v) is 8.78. The summed E-state index contributed by atoms with van der Waals surface area (Å²) in [7, 11) is 1.64. The molecule has 154 valence electrons. The van der Waals surface area contributed by atoms with E-state index in [0.717, 1.165) is 16.9 Å². The van der Waals surface area contributed by atoms with Crippen molar-refractivity contribution in [2.24, 2.45) is 4.99 Å². The van der Waals surface area contributed by atoms with Gasteiger partial charge in [-0.25, -0.2) is 4.99 Å². The van der Waals surface area contributed by atoms with E-state index in [1.807, 2.05) is 32.0 Å². The number of aliphatic imine (C=N–C) groups is 1. The molecule has 9 heteroatoms. The Labute approximate surface area is 175 Å². The first-order chi connectivity index (χ1) is 12.3. The van der Waals surface area contributed by atoms with Gasteiger partial charge in [0.1, 0.15) is 5.75 Å². The number of halogens is 4. The van der Waals surface area contributed by atoms with Crippen molar-refractivity contribution in [1.29, 1.82) is 0 Å². The van der Waals surface area contributed by atoms with Crippen molar-refractivity contribution in [3.63, 3.8) is 0 Å². The lowest BCUT2D eigenvalue weighted by Crippen LogP contribution is -2.45. The molecule has 0 bridgehead atoms. The fourth-order valence-corrected chi connectivity index (χ4v) is 3.07. The number of nitrogens with one attached hydrogen (secondary N) is 2. The predicted octanol–water partition coefficient (Wildman–Crippen LogP) is 3.31. The Morgan fingerprint density at radius 2 is 2.11 bits per heavy atom. The first kappa shape index (κ1) is 23.8. The number of rotatable bonds is 6. The summed E-state index contributed by atoms with van der Waals surface area (Å²) in [6.45, 7) is 5.05. The highest BCUT2D eigenvalue weighted by molar-refractivity contribution is 14.0. The Morgan fingerprint density at radius 3 is 2.70 bits per heavy atom. The quantitative estimate of drug-likeness (QED) is 0.358. The van der Waals surface area contributed by atoms with Gasteiger partial charge in [-0.05, 0) is 37.5 Å². The molecule has 0 saturated carbocycles. The minimum Gasteiger partial charge on any atom is -0.496 e. The molecule has 1 fully saturated rings. The molecule has 1 atom stereocenters. The molecule has 1 aliphatic rings. The van der Waals surface area contributed by atoms with Crippen molar-refractivity contribution < 1.29 is 17.9 Å². The average Bonchev–Trinajstić information content (AvgIpc) is 2.98. The van der Waals surface area contributed by atoms with Gasteiger partial charge >= 0.3 is 6.18 Å². The summed E-state index contributed by atoms with van der Waals surface area (Å²) >= 11 is 0. The second kappa shape index (κ2) is 10.9. The van der Waals surface area contributed by atoms with E-state index in [0.29, 0.717) is 38.6 Å². The fourth-order valence-electron chi connectivity index (χ4n) is 3.07. The molecule has 1 unspecified atom stereocenters. The standard InChI is InChI=1S/C18H27F3N4O.HI/c1-4-22-17(23-10-14-5-6-16(26-3)13(2)9-14)24-15-7-8-25(11-15)12-18(19,20)21;/h5-6,9,15H,4,7-8,10-12H2,1-3H3,(H2,22,23,24);1H. The summed E-state index contributed by atoms with van der Waals surface area (Å²) in [5.74, 6) is 1.46. The van der Waals surface area contributed by atoms with Crippen LogP contribution in [0.15, 0.2) is 23.2 Å². The maximum absolute atomic E-state index is 12.5. The normalized spacial score (nSPS) is 18.1. The summed E-state index contributed by atoms with van der Waals surface area (Å²) in [4.78, 5) is 5.98. The van der Waals surface area contributed by atoms with Gasteiger partial charge in [-0.3, -0.25) is 4.90 Å². The van der Waals surface area contributed by atoms with Crippen molar-refractivity contribution in [2.75, 3.05) is 33.3 Å². The molecule has 0 radical (unpaired) electrons. The van der Waals surface area contributed by atoms with Crippen molar-refractivity contribution in [3.8, 4) is 5.75 Å². The van der Waals surface area contributed by atoms with Gasteiger partial charge in [0.25, 0.3) is 0 Å². The Kier molecular flexibility index (Phi) is 9.65. The van der Waals surface area contributed by atoms with E-state index < -0.39 is 12.7 Å². The topological polar surface area (TPSA) is 48.9 Å². The zero-order valence-corrected chi connectivity index (χ0v) is 18.2. The largest absolute Gasteiger partial charge is 0.496 e. The third kappa shape index (κ3) is 8.12. The molecule has 0 spiro atoms. The molecule has 1 heterocycles. The number of methoxy groups -OCH3 is 1. The van der Waals surface area contributed by atoms with E-state index in [-0.39, 0.29) is 30.0 Å². The van der Waals surface area contributed by atoms with Gasteiger partial charge in [-0.1, -0.05) is 12.1 Å². The molecule has 1 saturated heterocycles. The van der Waals surface area contributed by atoms with E-state index >= 15 is 0 Å². The Morgan fingerprint density at radius 1 is 1.37 bits per heavy atom. The van der Waals surface area contributed by atoms with Crippen LogP contribution in [0.5, 0.6) is 5.75 Å². The molecular formula is C18H28F3IN4O. The lowest BCUT2D eigenvalue weighted by Gasteiger charge is -2.19. The second-order valence-electron chi connectivity index (χ2n) is 6.48. The fraction of sp³-hybridized carbons (Fsp3) is 0.611. The van der Waals surface area contributed by atoms with Gasteiger partial charge < -0.3 is 15.4 Å². The van der Waals surface area contributed by atoms with Crippen molar-refractivity contribution in [2.45, 2.75) is 39.0 Å². The smallest absolute Gasteiger partial charge is 0.401 e. The van der Waals surface area contributed by atoms with E-state index in [9.17, 15) is 13.2 Å². The third-order valence-corrected chi connectivity index (χ3v) is 4.24. The number of ether oxygens (including phenoxy) is 1. The van der Waals surface area contributed by atoms with E-state index in [4.69, 9.17) is 4.74 Å². The number of aryl methyl sites for hydroxylation is 1. The maximum atomic E-state index is 12.5. The number of benzene rings is 1. The van der Waals surface area contributed by atoms with Crippen LogP contribution in [-0.2, 0) is 6.54 Å². The molecule has 27 heavy (non-hydrogen) atoms. The van der Waals surface area contributed by atoms with Crippen LogP contribution in [0.25, 0.3) is 0 Å². The van der Waals surface area contributed by atoms with Gasteiger partial charge in [0.05, 0.1) is 20.2 Å². The van der Waals surface area contributed by atoms with Gasteiger partial charge in [0.15, 0.2) is 5.96 Å². The van der Waals surface area contributed by atoms with E-state index in [2.05, 4.69) is 15.6 Å². The molecule has 0 amide bonds. The second-order valence-corrected chi connectivity index (χ2v) is 6.48. The minimum absolute atomic E-state index is 0. The van der Waals surface area contributed by atoms with Gasteiger partial charge in [0.2, 0.25) is 0 Å². The summed E-state index contributed by atoms with van der Waals surface area (Å²) in [6, 6.07) is 5.85. The van der Waals surface area contributed by atoms with Crippen LogP contribution >= 0.6 is 24.0 Å². The lowest BCUT2D eigenvalue weighted by molar-refractivity contribution is -0.143. The summed E-state index contributed by atoms with van der Waals surface area (Å²) in [5.41, 5.74) is 2.09. The third-order valence-electron chi connectivity index (χ3n) is 4.24. The molecule has 1 aromatic carbocycles. The highest BCUT2D eigenvalue weighted by Gasteiger charge is 2.34. The van der Waals surface area contributed by atoms with E-state index in [1.54, 1.807) is 7.11 Å². The van der Waals surface area contributed by atoms with Crippen LogP contribution in [0.4, 0.5) is 13.2 Å². The summed E-state index contributed by atoms with van der Waals surface area (Å²) < 4.78 is 42.8. The number of hydrogen-bond donors (Lipinski definition) is 2. The van der Waals surface area contributed by atoms with Crippen LogP contribution in [0.2, 0.25) is 0 Å². The maximum Gasteiger partial charge on any atom is 0.401 e. The van der Waals surface area contributed by atoms with Crippen LogP contribution in [0, 0.1) is 6.92 Å². The molecule has 0 aromatic heterocycles. The minimum atomic E-state index is -4.15. The number of alkyl halides is 3. The zero-order valence-electron chi connectivity index (χ0n) is 15.9. The summed E-state index contributed by atoms with van der Waals surface area (Å²) in [5, 5.41) is 6.40. The lowest BCUT2D eigenvalue weighted by atomic mass is 10.1. The van der Waals surface area contributed by atoms with Crippen LogP contribution in [0.1, 0.15) is 24.5 Å². The summed E-state index contributed by atoms with van der Waals surface area (Å²) in [6.07, 6.45) is -3.48. The Bertz CT molecular complexity index is 625. The molecule has 1 aliphatic heterocycles. The van der Waals surface area contributed by atoms with E-state index in [1.165, 1.54) is 4.90 Å². The van der Waals surface area contributed by atoms with Crippen LogP contribution < -0.4 is 15.4 Å². The monoisotopic (exact) mass is 500 g/mol. The van der Waals surface area contributed by atoms with Crippen molar-refractivity contribution >= 4 is 29.9 Å². The van der Waals surface area contributed by atoms with Gasteiger partial charge in [-0.15, -0.1) is 24.0 Å². The first-order valence-electron chi connectivity index (χ1n) is 8.78. The van der Waals surface area contributed by atoms with Crippen molar-refractivity contribution in [1.82, 2.24) is 15.5 Å². The average molecular weight is 500 g/mol. The Hall–Kier alpha value is -1.23. The van der Waals surface area contributed by atoms with Crippen molar-refractivity contribution in [3.05, 3.63) is 29.3 Å². The number of likely N-dealkylation sites (tertiary alicyclic amines) is 1. The van der Waals surface area contributed by atoms with Crippen LogP contribution in [-0.4, -0.2) is 56.4 Å². The molecule has 5 nitrogen and oxygen atoms in total. The number of hydrogen-bond acceptors (Lipinski definition) is 3.